The molecule has 0 bridgehead atoms. The maximum Gasteiger partial charge on any atom is 0.222 e. The van der Waals surface area contributed by atoms with Gasteiger partial charge in [0.1, 0.15) is 0 Å². The molecule has 1 aliphatic rings. The molecule has 0 aliphatic carbocycles. The van der Waals surface area contributed by atoms with E-state index in [1.807, 2.05) is 11.8 Å². The van der Waals surface area contributed by atoms with Gasteiger partial charge in [-0.15, -0.1) is 0 Å². The Hall–Kier alpha value is -0.570. The highest BCUT2D eigenvalue weighted by Gasteiger charge is 2.16. The largest absolute Gasteiger partial charge is 0.344 e. The summed E-state index contributed by atoms with van der Waals surface area (Å²) >= 11 is 0. The SMILES string of the molecule is CCN1CCCC1=O.N. The van der Waals surface area contributed by atoms with Gasteiger partial charge in [0, 0.05) is 19.5 Å². The fourth-order valence-corrected chi connectivity index (χ4v) is 1.04. The zero-order chi connectivity index (χ0) is 5.98. The standard InChI is InChI=1S/C6H11NO.H3N/c1-2-7-5-3-4-6(7)8;/h2-5H2,1H3;1H3. The molecule has 3 nitrogen and oxygen atoms in total. The zero-order valence-electron chi connectivity index (χ0n) is 5.89. The van der Waals surface area contributed by atoms with Gasteiger partial charge in [-0.25, -0.2) is 0 Å². The molecule has 1 fully saturated rings. The number of carbonyl (C=O) groups is 1. The molecule has 3 N–H and O–H groups in total. The van der Waals surface area contributed by atoms with Gasteiger partial charge < -0.3 is 11.1 Å². The van der Waals surface area contributed by atoms with E-state index in [4.69, 9.17) is 0 Å². The van der Waals surface area contributed by atoms with Crippen molar-refractivity contribution < 1.29 is 4.79 Å². The zero-order valence-corrected chi connectivity index (χ0v) is 5.89. The first-order valence-corrected chi connectivity index (χ1v) is 3.12. The Morgan fingerprint density at radius 2 is 2.33 bits per heavy atom. The molecule has 0 spiro atoms. The minimum Gasteiger partial charge on any atom is -0.344 e. The highest BCUT2D eigenvalue weighted by Crippen LogP contribution is 2.07. The number of likely N-dealkylation sites (tertiary alicyclic amines) is 1. The molecule has 0 aromatic heterocycles. The number of hydrogen-bond donors (Lipinski definition) is 1. The van der Waals surface area contributed by atoms with Crippen LogP contribution in [-0.4, -0.2) is 23.9 Å². The lowest BCUT2D eigenvalue weighted by Gasteiger charge is -2.10. The lowest BCUT2D eigenvalue weighted by Crippen LogP contribution is -2.23. The van der Waals surface area contributed by atoms with E-state index >= 15 is 0 Å². The maximum atomic E-state index is 10.7. The number of rotatable bonds is 1. The van der Waals surface area contributed by atoms with Crippen LogP contribution in [0, 0.1) is 0 Å². The molecule has 0 atom stereocenters. The topological polar surface area (TPSA) is 55.3 Å². The van der Waals surface area contributed by atoms with Crippen LogP contribution in [-0.2, 0) is 4.79 Å². The van der Waals surface area contributed by atoms with E-state index in [0.29, 0.717) is 5.91 Å². The lowest BCUT2D eigenvalue weighted by molar-refractivity contribution is -0.127. The van der Waals surface area contributed by atoms with E-state index < -0.39 is 0 Å². The van der Waals surface area contributed by atoms with Crippen LogP contribution in [0.3, 0.4) is 0 Å². The van der Waals surface area contributed by atoms with Gasteiger partial charge in [-0.1, -0.05) is 0 Å². The summed E-state index contributed by atoms with van der Waals surface area (Å²) in [5, 5.41) is 0. The van der Waals surface area contributed by atoms with Crippen molar-refractivity contribution in [3.63, 3.8) is 0 Å². The second-order valence-electron chi connectivity index (χ2n) is 2.08. The van der Waals surface area contributed by atoms with Crippen LogP contribution >= 0.6 is 0 Å². The minimum absolute atomic E-state index is 0. The maximum absolute atomic E-state index is 10.7. The third kappa shape index (κ3) is 1.68. The van der Waals surface area contributed by atoms with Crippen LogP contribution < -0.4 is 6.15 Å². The summed E-state index contributed by atoms with van der Waals surface area (Å²) in [7, 11) is 0. The molecular weight excluding hydrogens is 116 g/mol. The van der Waals surface area contributed by atoms with Gasteiger partial charge in [0.2, 0.25) is 5.91 Å². The van der Waals surface area contributed by atoms with Crippen LogP contribution in [0.25, 0.3) is 0 Å². The van der Waals surface area contributed by atoms with E-state index in [9.17, 15) is 4.79 Å². The fourth-order valence-electron chi connectivity index (χ4n) is 1.04. The number of hydrogen-bond acceptors (Lipinski definition) is 2. The second kappa shape index (κ2) is 3.45. The van der Waals surface area contributed by atoms with Crippen LogP contribution in [0.4, 0.5) is 0 Å². The molecule has 3 heteroatoms. The Morgan fingerprint density at radius 3 is 2.56 bits per heavy atom. The van der Waals surface area contributed by atoms with Crippen molar-refractivity contribution in [2.75, 3.05) is 13.1 Å². The van der Waals surface area contributed by atoms with Gasteiger partial charge in [-0.2, -0.15) is 0 Å². The summed E-state index contributed by atoms with van der Waals surface area (Å²) < 4.78 is 0. The fraction of sp³-hybridized carbons (Fsp3) is 0.833. The number of nitrogens with zero attached hydrogens (tertiary/aromatic N) is 1. The van der Waals surface area contributed by atoms with Crippen LogP contribution in [0.2, 0.25) is 0 Å². The quantitative estimate of drug-likeness (QED) is 0.570. The predicted molar refractivity (Wildman–Crippen MR) is 36.5 cm³/mol. The monoisotopic (exact) mass is 130 g/mol. The van der Waals surface area contributed by atoms with Crippen molar-refractivity contribution in [2.45, 2.75) is 19.8 Å². The lowest BCUT2D eigenvalue weighted by atomic mass is 10.4. The van der Waals surface area contributed by atoms with Crippen LogP contribution in [0.15, 0.2) is 0 Å². The van der Waals surface area contributed by atoms with Crippen molar-refractivity contribution in [1.29, 1.82) is 0 Å². The number of amides is 1. The van der Waals surface area contributed by atoms with Crippen LogP contribution in [0.1, 0.15) is 19.8 Å². The van der Waals surface area contributed by atoms with Crippen molar-refractivity contribution in [3.8, 4) is 0 Å². The van der Waals surface area contributed by atoms with Gasteiger partial charge in [0.15, 0.2) is 0 Å². The average Bonchev–Trinajstić information content (AvgIpc) is 2.14. The second-order valence-corrected chi connectivity index (χ2v) is 2.08. The molecule has 0 saturated carbocycles. The Morgan fingerprint density at radius 1 is 1.67 bits per heavy atom. The summed E-state index contributed by atoms with van der Waals surface area (Å²) in [4.78, 5) is 12.6. The first-order chi connectivity index (χ1) is 3.84. The first-order valence-electron chi connectivity index (χ1n) is 3.12. The molecule has 0 radical (unpaired) electrons. The predicted octanol–water partition coefficient (Wildman–Crippen LogP) is 0.791. The molecule has 1 saturated heterocycles. The van der Waals surface area contributed by atoms with Crippen LogP contribution in [0.5, 0.6) is 0 Å². The summed E-state index contributed by atoms with van der Waals surface area (Å²) in [6, 6.07) is 0. The van der Waals surface area contributed by atoms with Gasteiger partial charge in [-0.3, -0.25) is 4.79 Å². The van der Waals surface area contributed by atoms with Gasteiger partial charge >= 0.3 is 0 Å². The van der Waals surface area contributed by atoms with E-state index in [2.05, 4.69) is 0 Å². The Labute approximate surface area is 55.6 Å². The third-order valence-electron chi connectivity index (χ3n) is 1.55. The van der Waals surface area contributed by atoms with Gasteiger partial charge in [-0.05, 0) is 13.3 Å². The molecule has 1 amide bonds. The molecule has 0 aromatic carbocycles. The molecule has 1 rings (SSSR count). The van der Waals surface area contributed by atoms with Gasteiger partial charge in [0.25, 0.3) is 0 Å². The molecular formula is C6H14N2O. The molecule has 0 aromatic rings. The Kier molecular flexibility index (Phi) is 3.24. The van der Waals surface area contributed by atoms with E-state index in [1.165, 1.54) is 0 Å². The minimum atomic E-state index is 0. The molecule has 1 aliphatic heterocycles. The normalized spacial score (nSPS) is 17.9. The summed E-state index contributed by atoms with van der Waals surface area (Å²) in [6.45, 7) is 3.89. The van der Waals surface area contributed by atoms with E-state index in [-0.39, 0.29) is 6.15 Å². The van der Waals surface area contributed by atoms with E-state index in [0.717, 1.165) is 25.9 Å². The first kappa shape index (κ1) is 8.43. The Bertz CT molecular complexity index is 103. The van der Waals surface area contributed by atoms with E-state index in [1.54, 1.807) is 0 Å². The summed E-state index contributed by atoms with van der Waals surface area (Å²) in [5.41, 5.74) is 0. The molecule has 1 heterocycles. The van der Waals surface area contributed by atoms with Crippen molar-refractivity contribution in [1.82, 2.24) is 11.1 Å². The average molecular weight is 130 g/mol. The number of carbonyl (C=O) groups excluding carboxylic acids is 1. The highest BCUT2D eigenvalue weighted by atomic mass is 16.2. The van der Waals surface area contributed by atoms with Crippen molar-refractivity contribution in [3.05, 3.63) is 0 Å². The molecule has 0 unspecified atom stereocenters. The van der Waals surface area contributed by atoms with Gasteiger partial charge in [0.05, 0.1) is 0 Å². The third-order valence-corrected chi connectivity index (χ3v) is 1.55. The summed E-state index contributed by atoms with van der Waals surface area (Å²) in [6.07, 6.45) is 1.83. The van der Waals surface area contributed by atoms with Crippen molar-refractivity contribution in [2.24, 2.45) is 0 Å². The highest BCUT2D eigenvalue weighted by molar-refractivity contribution is 5.77. The smallest absolute Gasteiger partial charge is 0.222 e. The summed E-state index contributed by atoms with van der Waals surface area (Å²) in [5.74, 6) is 0.326. The van der Waals surface area contributed by atoms with Crippen molar-refractivity contribution >= 4 is 5.91 Å². The molecule has 9 heavy (non-hydrogen) atoms. The Balaban J connectivity index is 0.000000640. The molecule has 54 valence electrons.